The molecule has 0 N–H and O–H groups in total. The van der Waals surface area contributed by atoms with Crippen molar-refractivity contribution >= 4 is 28.3 Å². The van der Waals surface area contributed by atoms with Gasteiger partial charge in [0.05, 0.1) is 17.8 Å². The number of rotatable bonds is 3. The number of aryl methyl sites for hydroxylation is 1. The molecule has 1 aliphatic rings. The molecule has 1 unspecified atom stereocenters. The van der Waals surface area contributed by atoms with E-state index in [-0.39, 0.29) is 6.04 Å². The van der Waals surface area contributed by atoms with E-state index in [2.05, 4.69) is 50.3 Å². The van der Waals surface area contributed by atoms with Gasteiger partial charge in [-0.15, -0.1) is 0 Å². The number of hydrogen-bond acceptors (Lipinski definition) is 4. The van der Waals surface area contributed by atoms with Gasteiger partial charge in [0.2, 0.25) is 0 Å². The van der Waals surface area contributed by atoms with Crippen LogP contribution in [0.5, 0.6) is 0 Å². The number of nitrogens with zero attached hydrogens (tertiary/aromatic N) is 5. The molecule has 5 rings (SSSR count). The maximum atomic E-state index is 6.24. The smallest absolute Gasteiger partial charge is 0.140 e. The lowest BCUT2D eigenvalue weighted by atomic mass is 10.0. The van der Waals surface area contributed by atoms with Crippen LogP contribution in [-0.4, -0.2) is 26.3 Å². The summed E-state index contributed by atoms with van der Waals surface area (Å²) in [5, 5.41) is 6.12. The molecule has 2 aromatic carbocycles. The number of fused-ring (bicyclic) bond motifs is 1. The maximum absolute atomic E-state index is 6.24. The fourth-order valence-corrected chi connectivity index (χ4v) is 4.30. The van der Waals surface area contributed by atoms with Crippen molar-refractivity contribution in [3.63, 3.8) is 0 Å². The van der Waals surface area contributed by atoms with Crippen molar-refractivity contribution < 1.29 is 0 Å². The second-order valence-electron chi connectivity index (χ2n) is 7.24. The van der Waals surface area contributed by atoms with Crippen molar-refractivity contribution in [2.75, 3.05) is 11.4 Å². The molecular formula is C22H20ClN5. The molecule has 0 radical (unpaired) electrons. The lowest BCUT2D eigenvalue weighted by molar-refractivity contribution is 0.713. The Morgan fingerprint density at radius 2 is 2.00 bits per heavy atom. The Morgan fingerprint density at radius 1 is 1.07 bits per heavy atom. The normalized spacial score (nSPS) is 16.8. The molecule has 0 amide bonds. The highest BCUT2D eigenvalue weighted by atomic mass is 35.5. The molecule has 6 heteroatoms. The second-order valence-corrected chi connectivity index (χ2v) is 7.67. The highest BCUT2D eigenvalue weighted by Gasteiger charge is 2.28. The van der Waals surface area contributed by atoms with E-state index >= 15 is 0 Å². The van der Waals surface area contributed by atoms with E-state index in [9.17, 15) is 0 Å². The summed E-state index contributed by atoms with van der Waals surface area (Å²) in [4.78, 5) is 11.6. The number of benzene rings is 2. The van der Waals surface area contributed by atoms with E-state index < -0.39 is 0 Å². The predicted octanol–water partition coefficient (Wildman–Crippen LogP) is 5.03. The van der Waals surface area contributed by atoms with Crippen molar-refractivity contribution in [1.29, 1.82) is 0 Å². The van der Waals surface area contributed by atoms with Crippen molar-refractivity contribution in [1.82, 2.24) is 19.7 Å². The summed E-state index contributed by atoms with van der Waals surface area (Å²) < 4.78 is 1.81. The van der Waals surface area contributed by atoms with Gasteiger partial charge in [-0.25, -0.2) is 9.97 Å². The lowest BCUT2D eigenvalue weighted by Gasteiger charge is -2.27. The Hall–Kier alpha value is -2.92. The van der Waals surface area contributed by atoms with Crippen LogP contribution in [0.2, 0.25) is 5.02 Å². The van der Waals surface area contributed by atoms with E-state index in [1.807, 2.05) is 36.3 Å². The minimum absolute atomic E-state index is 0.287. The number of anilines is 1. The molecule has 0 bridgehead atoms. The van der Waals surface area contributed by atoms with E-state index in [1.54, 1.807) is 6.33 Å². The van der Waals surface area contributed by atoms with Gasteiger partial charge >= 0.3 is 0 Å². The summed E-state index contributed by atoms with van der Waals surface area (Å²) >= 11 is 6.24. The van der Waals surface area contributed by atoms with Gasteiger partial charge in [0.15, 0.2) is 0 Å². The van der Waals surface area contributed by atoms with Gasteiger partial charge in [-0.1, -0.05) is 29.8 Å². The molecule has 0 aliphatic carbocycles. The summed E-state index contributed by atoms with van der Waals surface area (Å²) in [5.74, 6) is 0.991. The first-order valence-corrected chi connectivity index (χ1v) is 9.83. The van der Waals surface area contributed by atoms with Crippen molar-refractivity contribution in [3.8, 4) is 11.1 Å². The minimum Gasteiger partial charge on any atom is -0.349 e. The second kappa shape index (κ2) is 6.91. The number of hydrogen-bond donors (Lipinski definition) is 0. The predicted molar refractivity (Wildman–Crippen MR) is 113 cm³/mol. The molecule has 140 valence electrons. The molecule has 0 spiro atoms. The van der Waals surface area contributed by atoms with Crippen LogP contribution in [0, 0.1) is 0 Å². The van der Waals surface area contributed by atoms with E-state index in [1.165, 1.54) is 5.56 Å². The van der Waals surface area contributed by atoms with Crippen LogP contribution in [0.1, 0.15) is 24.4 Å². The lowest BCUT2D eigenvalue weighted by Crippen LogP contribution is -2.23. The summed E-state index contributed by atoms with van der Waals surface area (Å²) in [7, 11) is 1.92. The Balaban J connectivity index is 1.57. The molecule has 1 aliphatic heterocycles. The fraction of sp³-hybridized carbons (Fsp3) is 0.227. The molecule has 2 aromatic heterocycles. The first-order valence-electron chi connectivity index (χ1n) is 9.45. The average molecular weight is 390 g/mol. The van der Waals surface area contributed by atoms with Crippen LogP contribution in [0.15, 0.2) is 61.2 Å². The Morgan fingerprint density at radius 3 is 2.82 bits per heavy atom. The summed E-state index contributed by atoms with van der Waals surface area (Å²) in [6, 6.07) is 14.8. The highest BCUT2D eigenvalue weighted by molar-refractivity contribution is 6.30. The molecule has 5 nitrogen and oxygen atoms in total. The standard InChI is InChI=1S/C22H20ClN5/c1-27-13-17(12-26-27)15-7-8-19-20(11-15)24-14-25-22(19)28-9-3-6-21(28)16-4-2-5-18(23)10-16/h2,4-5,7-8,10-14,21H,3,6,9H2,1H3. The van der Waals surface area contributed by atoms with Crippen LogP contribution in [0.25, 0.3) is 22.0 Å². The Labute approximate surface area is 168 Å². The molecule has 0 saturated carbocycles. The fourth-order valence-electron chi connectivity index (χ4n) is 4.10. The number of aromatic nitrogens is 4. The first kappa shape index (κ1) is 17.2. The average Bonchev–Trinajstić information content (AvgIpc) is 3.36. The summed E-state index contributed by atoms with van der Waals surface area (Å²) in [5.41, 5.74) is 4.38. The third-order valence-corrected chi connectivity index (χ3v) is 5.65. The molecular weight excluding hydrogens is 370 g/mol. The van der Waals surface area contributed by atoms with Gasteiger partial charge in [0.1, 0.15) is 12.1 Å². The van der Waals surface area contributed by atoms with Crippen LogP contribution in [0.4, 0.5) is 5.82 Å². The molecule has 28 heavy (non-hydrogen) atoms. The molecule has 1 saturated heterocycles. The summed E-state index contributed by atoms with van der Waals surface area (Å²) in [6.07, 6.45) is 7.78. The monoisotopic (exact) mass is 389 g/mol. The first-order chi connectivity index (χ1) is 13.7. The van der Waals surface area contributed by atoms with Gasteiger partial charge in [0, 0.05) is 35.8 Å². The van der Waals surface area contributed by atoms with Crippen LogP contribution >= 0.6 is 11.6 Å². The Kier molecular flexibility index (Phi) is 4.24. The molecule has 4 aromatic rings. The maximum Gasteiger partial charge on any atom is 0.140 e. The zero-order valence-corrected chi connectivity index (χ0v) is 16.3. The van der Waals surface area contributed by atoms with Gasteiger partial charge < -0.3 is 4.90 Å². The van der Waals surface area contributed by atoms with Gasteiger partial charge in [0.25, 0.3) is 0 Å². The molecule has 1 atom stereocenters. The van der Waals surface area contributed by atoms with E-state index in [4.69, 9.17) is 11.6 Å². The van der Waals surface area contributed by atoms with Crippen molar-refractivity contribution in [2.24, 2.45) is 7.05 Å². The quantitative estimate of drug-likeness (QED) is 0.493. The SMILES string of the molecule is Cn1cc(-c2ccc3c(N4CCCC4c4cccc(Cl)c4)ncnc3c2)cn1. The van der Waals surface area contributed by atoms with E-state index in [0.717, 1.165) is 52.3 Å². The van der Waals surface area contributed by atoms with Crippen LogP contribution in [0.3, 0.4) is 0 Å². The van der Waals surface area contributed by atoms with Crippen molar-refractivity contribution in [2.45, 2.75) is 18.9 Å². The largest absolute Gasteiger partial charge is 0.349 e. The highest BCUT2D eigenvalue weighted by Crippen LogP contribution is 2.38. The Bertz CT molecular complexity index is 1150. The van der Waals surface area contributed by atoms with E-state index in [0.29, 0.717) is 0 Å². The zero-order valence-electron chi connectivity index (χ0n) is 15.6. The third-order valence-electron chi connectivity index (χ3n) is 5.41. The van der Waals surface area contributed by atoms with Crippen LogP contribution in [-0.2, 0) is 7.05 Å². The zero-order chi connectivity index (χ0) is 19.1. The minimum atomic E-state index is 0.287. The molecule has 1 fully saturated rings. The summed E-state index contributed by atoms with van der Waals surface area (Å²) in [6.45, 7) is 0.980. The van der Waals surface area contributed by atoms with Gasteiger partial charge in [-0.05, 0) is 48.2 Å². The number of halogens is 1. The van der Waals surface area contributed by atoms with Crippen molar-refractivity contribution in [3.05, 3.63) is 71.8 Å². The topological polar surface area (TPSA) is 46.8 Å². The third kappa shape index (κ3) is 3.02. The molecule has 3 heterocycles. The van der Waals surface area contributed by atoms with Gasteiger partial charge in [-0.2, -0.15) is 5.10 Å². The van der Waals surface area contributed by atoms with Gasteiger partial charge in [-0.3, -0.25) is 4.68 Å². The van der Waals surface area contributed by atoms with Crippen LogP contribution < -0.4 is 4.90 Å².